The van der Waals surface area contributed by atoms with Gasteiger partial charge in [0.2, 0.25) is 0 Å². The van der Waals surface area contributed by atoms with Gasteiger partial charge in [-0.25, -0.2) is 4.21 Å². The molecular weight excluding hydrogens is 430 g/mol. The number of hydrogen-bond donors (Lipinski definition) is 4. The topological polar surface area (TPSA) is 120 Å². The van der Waals surface area contributed by atoms with Crippen molar-refractivity contribution >= 4 is 39.5 Å². The van der Waals surface area contributed by atoms with Gasteiger partial charge in [0.15, 0.2) is 11.0 Å². The summed E-state index contributed by atoms with van der Waals surface area (Å²) in [5.74, 6) is -0.603. The molecule has 4 rings (SSSR count). The van der Waals surface area contributed by atoms with Gasteiger partial charge in [0, 0.05) is 23.4 Å². The molecular formula is C21H14ClNO6S. The van der Waals surface area contributed by atoms with Gasteiger partial charge in [0.05, 0.1) is 10.6 Å². The van der Waals surface area contributed by atoms with E-state index in [1.807, 2.05) is 0 Å². The van der Waals surface area contributed by atoms with Crippen molar-refractivity contribution in [3.8, 4) is 33.9 Å². The summed E-state index contributed by atoms with van der Waals surface area (Å²) in [5, 5.41) is 21.1. The van der Waals surface area contributed by atoms with E-state index in [9.17, 15) is 19.2 Å². The van der Waals surface area contributed by atoms with Gasteiger partial charge < -0.3 is 14.6 Å². The second kappa shape index (κ2) is 7.83. The first-order valence-electron chi connectivity index (χ1n) is 8.61. The molecule has 1 atom stereocenters. The first-order valence-corrected chi connectivity index (χ1v) is 10.1. The van der Waals surface area contributed by atoms with E-state index in [2.05, 4.69) is 4.72 Å². The van der Waals surface area contributed by atoms with Crippen molar-refractivity contribution in [2.45, 2.75) is 0 Å². The van der Waals surface area contributed by atoms with E-state index >= 15 is 0 Å². The molecule has 4 aromatic rings. The number of hydrogen-bond acceptors (Lipinski definition) is 5. The van der Waals surface area contributed by atoms with Crippen LogP contribution in [0.15, 0.2) is 69.9 Å². The number of aromatic hydroxyl groups is 2. The second-order valence-corrected chi connectivity index (χ2v) is 7.49. The maximum atomic E-state index is 12.8. The van der Waals surface area contributed by atoms with Crippen LogP contribution in [-0.2, 0) is 11.3 Å². The van der Waals surface area contributed by atoms with Crippen molar-refractivity contribution in [1.29, 1.82) is 0 Å². The molecule has 30 heavy (non-hydrogen) atoms. The van der Waals surface area contributed by atoms with Crippen molar-refractivity contribution in [3.63, 3.8) is 0 Å². The number of phenolic OH excluding ortho intramolecular Hbond substituents is 2. The van der Waals surface area contributed by atoms with Crippen molar-refractivity contribution in [1.82, 2.24) is 0 Å². The van der Waals surface area contributed by atoms with E-state index in [4.69, 9.17) is 20.6 Å². The van der Waals surface area contributed by atoms with Gasteiger partial charge in [0.25, 0.3) is 11.3 Å². The number of nitrogens with one attached hydrogen (secondary N) is 1. The van der Waals surface area contributed by atoms with Crippen molar-refractivity contribution in [2.75, 3.05) is 4.72 Å². The average Bonchev–Trinajstić information content (AvgIpc) is 2.67. The van der Waals surface area contributed by atoms with Crippen LogP contribution < -0.4 is 10.2 Å². The molecule has 0 aliphatic carbocycles. The Morgan fingerprint density at radius 3 is 2.47 bits per heavy atom. The van der Waals surface area contributed by atoms with E-state index in [-0.39, 0.29) is 28.0 Å². The maximum absolute atomic E-state index is 12.8. The predicted molar refractivity (Wildman–Crippen MR) is 116 cm³/mol. The van der Waals surface area contributed by atoms with Crippen LogP contribution in [0.3, 0.4) is 0 Å². The van der Waals surface area contributed by atoms with Crippen molar-refractivity contribution < 1.29 is 23.4 Å². The number of anilines is 1. The molecule has 0 bridgehead atoms. The molecule has 7 nitrogen and oxygen atoms in total. The lowest BCUT2D eigenvalue weighted by Gasteiger charge is -2.13. The standard InChI is InChI=1S/C21H14ClNO6S/c22-14-7-2-1-6-13(14)18-10-17(26)20-16(25)9-15(24)19(21(20)29-18)11-4-3-5-12(8-11)23-30(27)28/h1-10,23-25H,(H,27,28). The number of benzene rings is 3. The third kappa shape index (κ3) is 3.63. The molecule has 152 valence electrons. The summed E-state index contributed by atoms with van der Waals surface area (Å²) in [5.41, 5.74) is 0.748. The summed E-state index contributed by atoms with van der Waals surface area (Å²) in [4.78, 5) is 12.8. The molecule has 0 amide bonds. The minimum atomic E-state index is -2.29. The Bertz CT molecular complexity index is 1370. The molecule has 0 saturated heterocycles. The van der Waals surface area contributed by atoms with E-state index in [0.29, 0.717) is 21.8 Å². The molecule has 0 aliphatic heterocycles. The summed E-state index contributed by atoms with van der Waals surface area (Å²) < 4.78 is 28.4. The number of rotatable bonds is 4. The zero-order valence-corrected chi connectivity index (χ0v) is 16.7. The first-order chi connectivity index (χ1) is 14.3. The Kier molecular flexibility index (Phi) is 5.21. The molecule has 0 fully saturated rings. The molecule has 0 aliphatic rings. The summed E-state index contributed by atoms with van der Waals surface area (Å²) in [6.45, 7) is 0. The Labute approximate surface area is 177 Å². The number of fused-ring (bicyclic) bond motifs is 1. The molecule has 1 heterocycles. The SMILES string of the molecule is O=c1cc(-c2ccccc2Cl)oc2c(-c3cccc(NS(=O)O)c3)c(O)cc(O)c12. The van der Waals surface area contributed by atoms with Crippen molar-refractivity contribution in [2.24, 2.45) is 0 Å². The summed E-state index contributed by atoms with van der Waals surface area (Å²) >= 11 is 3.94. The summed E-state index contributed by atoms with van der Waals surface area (Å²) in [6.07, 6.45) is 0. The molecule has 1 aromatic heterocycles. The minimum absolute atomic E-state index is 0.0443. The highest BCUT2D eigenvalue weighted by atomic mass is 35.5. The average molecular weight is 444 g/mol. The lowest BCUT2D eigenvalue weighted by atomic mass is 10.00. The van der Waals surface area contributed by atoms with E-state index in [1.54, 1.807) is 42.5 Å². The van der Waals surface area contributed by atoms with Crippen LogP contribution in [0.5, 0.6) is 11.5 Å². The normalized spacial score (nSPS) is 12.1. The lowest BCUT2D eigenvalue weighted by molar-refractivity contribution is 0.454. The molecule has 9 heteroatoms. The van der Waals surface area contributed by atoms with Crippen LogP contribution >= 0.6 is 11.6 Å². The van der Waals surface area contributed by atoms with E-state index in [1.165, 1.54) is 12.1 Å². The predicted octanol–water partition coefficient (Wildman–Crippen LogP) is 4.74. The molecule has 0 radical (unpaired) electrons. The highest BCUT2D eigenvalue weighted by Gasteiger charge is 2.20. The van der Waals surface area contributed by atoms with Crippen LogP contribution in [0.4, 0.5) is 5.69 Å². The Morgan fingerprint density at radius 1 is 0.967 bits per heavy atom. The zero-order valence-electron chi connectivity index (χ0n) is 15.1. The van der Waals surface area contributed by atoms with Gasteiger partial charge in [-0.1, -0.05) is 35.9 Å². The third-order valence-corrected chi connectivity index (χ3v) is 5.20. The van der Waals surface area contributed by atoms with Gasteiger partial charge in [-0.15, -0.1) is 0 Å². The largest absolute Gasteiger partial charge is 0.507 e. The second-order valence-electron chi connectivity index (χ2n) is 6.38. The van der Waals surface area contributed by atoms with Gasteiger partial charge >= 0.3 is 0 Å². The zero-order chi connectivity index (χ0) is 21.4. The highest BCUT2D eigenvalue weighted by molar-refractivity contribution is 7.80. The Balaban J connectivity index is 2.04. The minimum Gasteiger partial charge on any atom is -0.507 e. The van der Waals surface area contributed by atoms with Crippen LogP contribution in [0.25, 0.3) is 33.4 Å². The fourth-order valence-corrected chi connectivity index (χ4v) is 3.77. The van der Waals surface area contributed by atoms with Crippen molar-refractivity contribution in [3.05, 3.63) is 75.9 Å². The molecule has 0 spiro atoms. The van der Waals surface area contributed by atoms with Gasteiger partial charge in [-0.3, -0.25) is 14.1 Å². The number of phenols is 2. The lowest BCUT2D eigenvalue weighted by Crippen LogP contribution is -2.03. The molecule has 0 saturated carbocycles. The molecule has 3 aromatic carbocycles. The fourth-order valence-electron chi connectivity index (χ4n) is 3.21. The monoisotopic (exact) mass is 443 g/mol. The first kappa shape index (κ1) is 20.0. The Hall–Kier alpha value is -3.33. The Morgan fingerprint density at radius 2 is 1.73 bits per heavy atom. The molecule has 4 N–H and O–H groups in total. The van der Waals surface area contributed by atoms with Crippen LogP contribution in [0.1, 0.15) is 0 Å². The van der Waals surface area contributed by atoms with Crippen LogP contribution in [0.2, 0.25) is 5.02 Å². The fraction of sp³-hybridized carbons (Fsp3) is 0. The van der Waals surface area contributed by atoms with Gasteiger partial charge in [-0.2, -0.15) is 0 Å². The van der Waals surface area contributed by atoms with Crippen LogP contribution in [-0.4, -0.2) is 19.0 Å². The van der Waals surface area contributed by atoms with Gasteiger partial charge in [0.1, 0.15) is 22.6 Å². The van der Waals surface area contributed by atoms with E-state index < -0.39 is 22.4 Å². The third-order valence-electron chi connectivity index (χ3n) is 4.46. The summed E-state index contributed by atoms with van der Waals surface area (Å²) in [6, 6.07) is 15.3. The smallest absolute Gasteiger partial charge is 0.259 e. The molecule has 1 unspecified atom stereocenters. The highest BCUT2D eigenvalue weighted by Crippen LogP contribution is 2.42. The maximum Gasteiger partial charge on any atom is 0.259 e. The van der Waals surface area contributed by atoms with Gasteiger partial charge in [-0.05, 0) is 29.8 Å². The number of halogens is 1. The quantitative estimate of drug-likeness (QED) is 0.338. The summed E-state index contributed by atoms with van der Waals surface area (Å²) in [7, 11) is 0. The van der Waals surface area contributed by atoms with E-state index in [0.717, 1.165) is 6.07 Å². The van der Waals surface area contributed by atoms with Crippen LogP contribution in [0, 0.1) is 0 Å².